The van der Waals surface area contributed by atoms with Crippen LogP contribution in [0.3, 0.4) is 0 Å². The van der Waals surface area contributed by atoms with Gasteiger partial charge in [0.1, 0.15) is 0 Å². The summed E-state index contributed by atoms with van der Waals surface area (Å²) in [5.41, 5.74) is 3.47. The molecular formula is C22H14Cl3NO2S. The van der Waals surface area contributed by atoms with E-state index in [4.69, 9.17) is 34.8 Å². The number of carbonyl (C=O) groups excluding carboxylic acids is 2. The first kappa shape index (κ1) is 20.3. The molecule has 0 N–H and O–H groups in total. The SMILES string of the molecule is C1=Cc2cccc3cccc(c23)C1.O=C1c2ccccc2C(=O)N1SC(Cl)(Cl)Cl. The number of imide groups is 1. The van der Waals surface area contributed by atoms with Gasteiger partial charge in [0.2, 0.25) is 0 Å². The molecule has 2 amide bonds. The average molecular weight is 463 g/mol. The van der Waals surface area contributed by atoms with E-state index in [0.29, 0.717) is 23.1 Å². The monoisotopic (exact) mass is 461 g/mol. The molecule has 0 radical (unpaired) electrons. The Kier molecular flexibility index (Phi) is 5.63. The van der Waals surface area contributed by atoms with Gasteiger partial charge in [0.25, 0.3) is 14.9 Å². The highest BCUT2D eigenvalue weighted by Gasteiger charge is 2.40. The highest BCUT2D eigenvalue weighted by atomic mass is 35.6. The summed E-state index contributed by atoms with van der Waals surface area (Å²) in [7, 11) is 0. The zero-order valence-corrected chi connectivity index (χ0v) is 18.0. The highest BCUT2D eigenvalue weighted by molar-refractivity contribution is 8.03. The van der Waals surface area contributed by atoms with Crippen molar-refractivity contribution >= 4 is 75.4 Å². The van der Waals surface area contributed by atoms with Gasteiger partial charge < -0.3 is 0 Å². The summed E-state index contributed by atoms with van der Waals surface area (Å²) in [6.45, 7) is 0. The van der Waals surface area contributed by atoms with Gasteiger partial charge in [-0.05, 0) is 40.5 Å². The van der Waals surface area contributed by atoms with Crippen LogP contribution in [-0.4, -0.2) is 19.2 Å². The third-order valence-corrected chi connectivity index (χ3v) is 5.95. The lowest BCUT2D eigenvalue weighted by atomic mass is 9.93. The van der Waals surface area contributed by atoms with Crippen LogP contribution in [0.25, 0.3) is 16.8 Å². The molecule has 0 saturated heterocycles. The van der Waals surface area contributed by atoms with Crippen LogP contribution in [0.1, 0.15) is 31.8 Å². The maximum Gasteiger partial charge on any atom is 0.271 e. The smallest absolute Gasteiger partial charge is 0.268 e. The van der Waals surface area contributed by atoms with Gasteiger partial charge in [-0.15, -0.1) is 0 Å². The Labute approximate surface area is 187 Å². The summed E-state index contributed by atoms with van der Waals surface area (Å²) in [6, 6.07) is 19.5. The molecule has 146 valence electrons. The molecule has 29 heavy (non-hydrogen) atoms. The maximum atomic E-state index is 11.8. The number of hydrogen-bond donors (Lipinski definition) is 0. The number of alkyl halides is 3. The molecule has 0 saturated carbocycles. The predicted molar refractivity (Wildman–Crippen MR) is 122 cm³/mol. The number of benzene rings is 3. The van der Waals surface area contributed by atoms with E-state index in [0.717, 1.165) is 10.7 Å². The fourth-order valence-electron chi connectivity index (χ4n) is 3.43. The molecule has 0 fully saturated rings. The van der Waals surface area contributed by atoms with Crippen molar-refractivity contribution < 1.29 is 9.59 Å². The lowest BCUT2D eigenvalue weighted by molar-refractivity contribution is 0.0777. The molecule has 0 atom stereocenters. The number of amides is 2. The lowest BCUT2D eigenvalue weighted by Gasteiger charge is -2.17. The minimum Gasteiger partial charge on any atom is -0.268 e. The van der Waals surface area contributed by atoms with Crippen molar-refractivity contribution in [1.29, 1.82) is 0 Å². The second-order valence-electron chi connectivity index (χ2n) is 6.46. The standard InChI is InChI=1S/C13H10.C9H4Cl3NO2S/c1-4-10-6-2-8-12-9-3-7-11(5-1)13(10)12;10-9(11,12)16-13-7(14)5-3-1-2-4-6(5)8(13)15/h1-8H,9H2;1-4H. The van der Waals surface area contributed by atoms with E-state index in [-0.39, 0.29) is 0 Å². The van der Waals surface area contributed by atoms with E-state index >= 15 is 0 Å². The van der Waals surface area contributed by atoms with Crippen molar-refractivity contribution in [2.75, 3.05) is 0 Å². The molecule has 0 bridgehead atoms. The van der Waals surface area contributed by atoms with Gasteiger partial charge in [-0.2, -0.15) is 0 Å². The van der Waals surface area contributed by atoms with E-state index in [1.54, 1.807) is 24.3 Å². The number of hydrogen-bond acceptors (Lipinski definition) is 3. The van der Waals surface area contributed by atoms with Gasteiger partial charge in [0.05, 0.1) is 11.1 Å². The molecule has 2 aliphatic rings. The predicted octanol–water partition coefficient (Wildman–Crippen LogP) is 6.67. The normalized spacial score (nSPS) is 14.7. The number of fused-ring (bicyclic) bond motifs is 1. The fraction of sp³-hybridized carbons (Fsp3) is 0.0909. The minimum absolute atomic E-state index is 0.328. The van der Waals surface area contributed by atoms with Crippen molar-refractivity contribution in [2.24, 2.45) is 0 Å². The van der Waals surface area contributed by atoms with Gasteiger partial charge in [0.15, 0.2) is 0 Å². The van der Waals surface area contributed by atoms with Crippen LogP contribution in [0, 0.1) is 0 Å². The van der Waals surface area contributed by atoms with Gasteiger partial charge in [-0.3, -0.25) is 9.59 Å². The zero-order valence-electron chi connectivity index (χ0n) is 14.9. The summed E-state index contributed by atoms with van der Waals surface area (Å²) in [5.74, 6) is -0.922. The second kappa shape index (κ2) is 8.04. The molecular weight excluding hydrogens is 449 g/mol. The van der Waals surface area contributed by atoms with Crippen LogP contribution in [0.15, 0.2) is 66.7 Å². The van der Waals surface area contributed by atoms with Crippen LogP contribution in [0.2, 0.25) is 0 Å². The summed E-state index contributed by atoms with van der Waals surface area (Å²) in [5, 5.41) is 2.80. The summed E-state index contributed by atoms with van der Waals surface area (Å²) in [6.07, 6.45) is 5.53. The fourth-order valence-corrected chi connectivity index (χ4v) is 4.62. The van der Waals surface area contributed by atoms with Crippen molar-refractivity contribution in [1.82, 2.24) is 4.31 Å². The number of nitrogens with zero attached hydrogens (tertiary/aromatic N) is 1. The Morgan fingerprint density at radius 2 is 1.45 bits per heavy atom. The van der Waals surface area contributed by atoms with Crippen LogP contribution in [0.4, 0.5) is 0 Å². The van der Waals surface area contributed by atoms with Gasteiger partial charge in [0, 0.05) is 11.9 Å². The molecule has 3 aromatic rings. The molecule has 7 heteroatoms. The Morgan fingerprint density at radius 1 is 0.828 bits per heavy atom. The Hall–Kier alpha value is -1.98. The van der Waals surface area contributed by atoms with Crippen LogP contribution in [-0.2, 0) is 6.42 Å². The van der Waals surface area contributed by atoms with Crippen molar-refractivity contribution in [2.45, 2.75) is 9.55 Å². The molecule has 0 spiro atoms. The summed E-state index contributed by atoms with van der Waals surface area (Å²) in [4.78, 5) is 23.6. The molecule has 0 aromatic heterocycles. The average Bonchev–Trinajstić information content (AvgIpc) is 2.93. The second-order valence-corrected chi connectivity index (χ2v) is 10.6. The van der Waals surface area contributed by atoms with Gasteiger partial charge >= 0.3 is 0 Å². The third kappa shape index (κ3) is 4.17. The number of carbonyl (C=O) groups is 2. The lowest BCUT2D eigenvalue weighted by Crippen LogP contribution is -2.25. The van der Waals surface area contributed by atoms with Gasteiger partial charge in [-0.25, -0.2) is 4.31 Å². The molecule has 1 aliphatic heterocycles. The van der Waals surface area contributed by atoms with Crippen LogP contribution >= 0.6 is 46.8 Å². The number of allylic oxidation sites excluding steroid dienone is 1. The van der Waals surface area contributed by atoms with Crippen molar-refractivity contribution in [3.8, 4) is 0 Å². The van der Waals surface area contributed by atoms with E-state index in [1.165, 1.54) is 21.9 Å². The summed E-state index contributed by atoms with van der Waals surface area (Å²) >= 11 is 17.2. The molecule has 1 heterocycles. The summed E-state index contributed by atoms with van der Waals surface area (Å²) < 4.78 is -0.884. The quantitative estimate of drug-likeness (QED) is 0.230. The Morgan fingerprint density at radius 3 is 2.07 bits per heavy atom. The Bertz CT molecular complexity index is 1110. The van der Waals surface area contributed by atoms with Crippen molar-refractivity contribution in [3.05, 3.63) is 89.0 Å². The maximum absolute atomic E-state index is 11.8. The molecule has 3 nitrogen and oxygen atoms in total. The van der Waals surface area contributed by atoms with E-state index in [9.17, 15) is 9.59 Å². The first-order valence-corrected chi connectivity index (χ1v) is 10.7. The van der Waals surface area contributed by atoms with E-state index < -0.39 is 14.9 Å². The minimum atomic E-state index is -1.74. The Balaban J connectivity index is 0.000000144. The van der Waals surface area contributed by atoms with Gasteiger partial charge in [-0.1, -0.05) is 95.5 Å². The first-order chi connectivity index (χ1) is 13.8. The highest BCUT2D eigenvalue weighted by Crippen LogP contribution is 2.44. The molecule has 3 aromatic carbocycles. The van der Waals surface area contributed by atoms with Crippen LogP contribution in [0.5, 0.6) is 0 Å². The van der Waals surface area contributed by atoms with Crippen LogP contribution < -0.4 is 0 Å². The molecule has 5 rings (SSSR count). The van der Waals surface area contributed by atoms with E-state index in [1.807, 2.05) is 0 Å². The molecule has 0 unspecified atom stereocenters. The largest absolute Gasteiger partial charge is 0.271 e. The topological polar surface area (TPSA) is 37.4 Å². The first-order valence-electron chi connectivity index (χ1n) is 8.76. The van der Waals surface area contributed by atoms with E-state index in [2.05, 4.69) is 48.6 Å². The van der Waals surface area contributed by atoms with Crippen molar-refractivity contribution in [3.63, 3.8) is 0 Å². The third-order valence-electron chi connectivity index (χ3n) is 4.61. The molecule has 1 aliphatic carbocycles. The zero-order chi connectivity index (χ0) is 20.6. The number of rotatable bonds is 1. The number of halogens is 3.